The predicted molar refractivity (Wildman–Crippen MR) is 163 cm³/mol. The summed E-state index contributed by atoms with van der Waals surface area (Å²) >= 11 is 11.1. The van der Waals surface area contributed by atoms with Crippen molar-refractivity contribution >= 4 is 56.5 Å². The molecule has 0 bridgehead atoms. The van der Waals surface area contributed by atoms with Gasteiger partial charge in [0.1, 0.15) is 6.04 Å². The van der Waals surface area contributed by atoms with Crippen LogP contribution in [-0.2, 0) is 4.79 Å². The molecule has 2 amide bonds. The van der Waals surface area contributed by atoms with E-state index in [-0.39, 0.29) is 17.6 Å². The first kappa shape index (κ1) is 28.3. The van der Waals surface area contributed by atoms with E-state index in [1.807, 2.05) is 66.9 Å². The normalized spacial score (nSPS) is 20.3. The van der Waals surface area contributed by atoms with Crippen LogP contribution in [0.3, 0.4) is 0 Å². The Balaban J connectivity index is 1.77. The van der Waals surface area contributed by atoms with Crippen molar-refractivity contribution in [2.45, 2.75) is 31.3 Å². The van der Waals surface area contributed by atoms with Crippen LogP contribution in [0.2, 0.25) is 5.02 Å². The number of amides is 2. The van der Waals surface area contributed by atoms with E-state index in [1.54, 1.807) is 41.3 Å². The number of thiophene rings is 1. The molecule has 1 N–H and O–H groups in total. The Kier molecular flexibility index (Phi) is 8.84. The molecule has 4 atom stereocenters. The van der Waals surface area contributed by atoms with Crippen molar-refractivity contribution in [1.29, 1.82) is 0 Å². The number of halogens is 2. The van der Waals surface area contributed by atoms with Gasteiger partial charge < -0.3 is 10.2 Å². The molecule has 5 rings (SSSR count). The van der Waals surface area contributed by atoms with Crippen LogP contribution < -0.4 is 5.32 Å². The Labute approximate surface area is 251 Å². The van der Waals surface area contributed by atoms with Gasteiger partial charge in [0.05, 0.1) is 16.8 Å². The number of nitrogens with one attached hydrogen (secondary N) is 1. The molecule has 1 saturated heterocycles. The van der Waals surface area contributed by atoms with Gasteiger partial charge in [0.25, 0.3) is 5.91 Å². The molecule has 40 heavy (non-hydrogen) atoms. The highest BCUT2D eigenvalue weighted by molar-refractivity contribution is 9.10. The molecule has 1 aliphatic rings. The number of hydrogen-bond acceptors (Lipinski definition) is 4. The molecule has 0 saturated carbocycles. The van der Waals surface area contributed by atoms with Gasteiger partial charge in [-0.2, -0.15) is 0 Å². The van der Waals surface area contributed by atoms with Gasteiger partial charge in [-0.3, -0.25) is 14.4 Å². The summed E-state index contributed by atoms with van der Waals surface area (Å²) < 4.78 is 0.751. The zero-order valence-electron chi connectivity index (χ0n) is 21.8. The summed E-state index contributed by atoms with van der Waals surface area (Å²) in [5.74, 6) is -2.01. The van der Waals surface area contributed by atoms with E-state index in [9.17, 15) is 14.4 Å². The lowest BCUT2D eigenvalue weighted by molar-refractivity contribution is -0.125. The lowest BCUT2D eigenvalue weighted by Crippen LogP contribution is -2.48. The number of nitrogens with zero attached hydrogens (tertiary/aromatic N) is 1. The maximum absolute atomic E-state index is 14.5. The average Bonchev–Trinajstić information content (AvgIpc) is 3.63. The Morgan fingerprint density at radius 1 is 0.925 bits per heavy atom. The predicted octanol–water partition coefficient (Wildman–Crippen LogP) is 7.54. The fraction of sp³-hybridized carbons (Fsp3) is 0.219. The van der Waals surface area contributed by atoms with Gasteiger partial charge in [0.15, 0.2) is 5.78 Å². The number of ketones is 1. The Morgan fingerprint density at radius 2 is 1.68 bits per heavy atom. The molecule has 0 aliphatic carbocycles. The van der Waals surface area contributed by atoms with Crippen LogP contribution in [0.25, 0.3) is 0 Å². The highest BCUT2D eigenvalue weighted by atomic mass is 79.9. The molecule has 1 fully saturated rings. The summed E-state index contributed by atoms with van der Waals surface area (Å²) in [5.41, 5.74) is 2.01. The maximum atomic E-state index is 14.5. The van der Waals surface area contributed by atoms with Crippen molar-refractivity contribution in [3.05, 3.63) is 127 Å². The van der Waals surface area contributed by atoms with Crippen molar-refractivity contribution in [1.82, 2.24) is 10.2 Å². The van der Waals surface area contributed by atoms with Crippen LogP contribution in [0.15, 0.2) is 101 Å². The van der Waals surface area contributed by atoms with Crippen molar-refractivity contribution < 1.29 is 14.4 Å². The molecule has 1 aromatic heterocycles. The summed E-state index contributed by atoms with van der Waals surface area (Å²) in [7, 11) is 0. The molecule has 4 aromatic rings. The molecule has 0 radical (unpaired) electrons. The highest BCUT2D eigenvalue weighted by Crippen LogP contribution is 2.52. The van der Waals surface area contributed by atoms with Crippen LogP contribution in [0.4, 0.5) is 0 Å². The second kappa shape index (κ2) is 12.5. The number of benzene rings is 3. The topological polar surface area (TPSA) is 66.5 Å². The number of carbonyl (C=O) groups is 3. The highest BCUT2D eigenvalue weighted by Gasteiger charge is 2.57. The molecule has 3 aromatic carbocycles. The molecule has 5 nitrogen and oxygen atoms in total. The molecular weight excluding hydrogens is 608 g/mol. The standard InChI is InChI=1S/C32H28BrClN2O3S/c1-2-17-35-31(38)29-26(20-13-15-24(34)16-14-20)27(30(37)25-12-7-18-40-25)28(21-8-4-3-5-9-21)36(29)32(39)22-10-6-11-23(33)19-22/h3-16,18-19,26-29H,2,17H2,1H3,(H,35,38). The van der Waals surface area contributed by atoms with Gasteiger partial charge in [-0.25, -0.2) is 0 Å². The Hall–Kier alpha value is -3.26. The van der Waals surface area contributed by atoms with Crippen LogP contribution in [0.1, 0.15) is 56.5 Å². The van der Waals surface area contributed by atoms with Crippen molar-refractivity contribution in [3.8, 4) is 0 Å². The van der Waals surface area contributed by atoms with Gasteiger partial charge in [-0.15, -0.1) is 11.3 Å². The fourth-order valence-electron chi connectivity index (χ4n) is 5.56. The minimum Gasteiger partial charge on any atom is -0.354 e. The third-order valence-electron chi connectivity index (χ3n) is 7.25. The van der Waals surface area contributed by atoms with Gasteiger partial charge in [0.2, 0.25) is 5.91 Å². The second-order valence-corrected chi connectivity index (χ2v) is 12.1. The summed E-state index contributed by atoms with van der Waals surface area (Å²) in [5, 5.41) is 5.44. The fourth-order valence-corrected chi connectivity index (χ4v) is 6.80. The number of likely N-dealkylation sites (tertiary alicyclic amines) is 1. The first-order valence-electron chi connectivity index (χ1n) is 13.1. The van der Waals surface area contributed by atoms with E-state index in [1.165, 1.54) is 11.3 Å². The summed E-state index contributed by atoms with van der Waals surface area (Å²) in [6.45, 7) is 2.44. The lowest BCUT2D eigenvalue weighted by Gasteiger charge is -2.32. The molecule has 1 aliphatic heterocycles. The minimum atomic E-state index is -0.932. The monoisotopic (exact) mass is 634 g/mol. The van der Waals surface area contributed by atoms with Crippen molar-refractivity contribution in [3.63, 3.8) is 0 Å². The summed E-state index contributed by atoms with van der Waals surface area (Å²) in [6, 6.07) is 25.9. The van der Waals surface area contributed by atoms with Crippen LogP contribution in [0, 0.1) is 5.92 Å². The molecule has 204 valence electrons. The van der Waals surface area contributed by atoms with Gasteiger partial charge in [0, 0.05) is 27.5 Å². The number of hydrogen-bond donors (Lipinski definition) is 1. The third kappa shape index (κ3) is 5.64. The molecular formula is C32H28BrClN2O3S. The van der Waals surface area contributed by atoms with Crippen LogP contribution in [0.5, 0.6) is 0 Å². The largest absolute Gasteiger partial charge is 0.354 e. The van der Waals surface area contributed by atoms with E-state index in [0.29, 0.717) is 22.0 Å². The van der Waals surface area contributed by atoms with E-state index >= 15 is 0 Å². The second-order valence-electron chi connectivity index (χ2n) is 9.76. The van der Waals surface area contributed by atoms with Crippen LogP contribution >= 0.6 is 38.9 Å². The minimum absolute atomic E-state index is 0.0957. The van der Waals surface area contributed by atoms with Crippen LogP contribution in [-0.4, -0.2) is 35.1 Å². The number of carbonyl (C=O) groups excluding carboxylic acids is 3. The molecule has 0 spiro atoms. The van der Waals surface area contributed by atoms with E-state index in [2.05, 4.69) is 21.2 Å². The SMILES string of the molecule is CCCNC(=O)C1C(c2ccc(Cl)cc2)C(C(=O)c2cccs2)C(c2ccccc2)N1C(=O)c1cccc(Br)c1. The molecule has 8 heteroatoms. The third-order valence-corrected chi connectivity index (χ3v) is 8.88. The van der Waals surface area contributed by atoms with Crippen molar-refractivity contribution in [2.75, 3.05) is 6.54 Å². The number of rotatable bonds is 8. The molecule has 2 heterocycles. The zero-order valence-corrected chi connectivity index (χ0v) is 25.0. The van der Waals surface area contributed by atoms with Gasteiger partial charge >= 0.3 is 0 Å². The first-order chi connectivity index (χ1) is 19.4. The number of Topliss-reactive ketones (excluding diaryl/α,β-unsaturated/α-hetero) is 1. The molecule has 4 unspecified atom stereocenters. The zero-order chi connectivity index (χ0) is 28.2. The van der Waals surface area contributed by atoms with Gasteiger partial charge in [-0.05, 0) is 59.3 Å². The quantitative estimate of drug-likeness (QED) is 0.204. The summed E-state index contributed by atoms with van der Waals surface area (Å²) in [4.78, 5) is 45.1. The maximum Gasteiger partial charge on any atom is 0.255 e. The first-order valence-corrected chi connectivity index (χ1v) is 15.2. The Morgan fingerprint density at radius 3 is 2.33 bits per heavy atom. The van der Waals surface area contributed by atoms with Gasteiger partial charge in [-0.1, -0.05) is 89.1 Å². The smallest absolute Gasteiger partial charge is 0.255 e. The van der Waals surface area contributed by atoms with E-state index < -0.39 is 23.9 Å². The average molecular weight is 636 g/mol. The lowest BCUT2D eigenvalue weighted by atomic mass is 9.77. The van der Waals surface area contributed by atoms with Crippen molar-refractivity contribution in [2.24, 2.45) is 5.92 Å². The summed E-state index contributed by atoms with van der Waals surface area (Å²) in [6.07, 6.45) is 0.739. The van der Waals surface area contributed by atoms with E-state index in [0.717, 1.165) is 22.0 Å². The van der Waals surface area contributed by atoms with E-state index in [4.69, 9.17) is 11.6 Å². The Bertz CT molecular complexity index is 1490.